The van der Waals surface area contributed by atoms with Crippen molar-refractivity contribution in [3.8, 4) is 6.07 Å². The fraction of sp³-hybridized carbons (Fsp3) is 0.118. The van der Waals surface area contributed by atoms with Gasteiger partial charge in [0.1, 0.15) is 5.82 Å². The molecule has 0 N–H and O–H groups in total. The van der Waals surface area contributed by atoms with Gasteiger partial charge in [0.2, 0.25) is 0 Å². The van der Waals surface area contributed by atoms with Gasteiger partial charge in [-0.15, -0.1) is 0 Å². The number of nitriles is 1. The molecule has 0 bridgehead atoms. The molecule has 3 rings (SSSR count). The van der Waals surface area contributed by atoms with Crippen molar-refractivity contribution in [2.75, 3.05) is 11.4 Å². The standard InChI is InChI=1S/C17H11FN2O2/c18-13-4-5-15-14(9-13)16(21)6-7-20(15)17(22)12-3-1-2-11(8-12)10-19/h1-5,8-9H,6-7H2. The van der Waals surface area contributed by atoms with Crippen molar-refractivity contribution in [2.45, 2.75) is 6.42 Å². The van der Waals surface area contributed by atoms with Gasteiger partial charge < -0.3 is 4.90 Å². The molecule has 0 aromatic heterocycles. The third-order valence-corrected chi connectivity index (χ3v) is 3.60. The van der Waals surface area contributed by atoms with Crippen molar-refractivity contribution in [1.29, 1.82) is 5.26 Å². The first-order chi connectivity index (χ1) is 10.6. The zero-order chi connectivity index (χ0) is 15.7. The first-order valence-electron chi connectivity index (χ1n) is 6.75. The largest absolute Gasteiger partial charge is 0.307 e. The van der Waals surface area contributed by atoms with Crippen LogP contribution in [0, 0.1) is 17.1 Å². The van der Waals surface area contributed by atoms with Crippen LogP contribution in [0.3, 0.4) is 0 Å². The normalized spacial score (nSPS) is 13.5. The van der Waals surface area contributed by atoms with E-state index in [1.807, 2.05) is 6.07 Å². The Morgan fingerprint density at radius 1 is 1.23 bits per heavy atom. The molecule has 0 saturated carbocycles. The van der Waals surface area contributed by atoms with E-state index >= 15 is 0 Å². The average molecular weight is 294 g/mol. The molecule has 0 aliphatic carbocycles. The van der Waals surface area contributed by atoms with Gasteiger partial charge >= 0.3 is 0 Å². The van der Waals surface area contributed by atoms with E-state index in [0.29, 0.717) is 16.8 Å². The zero-order valence-corrected chi connectivity index (χ0v) is 11.5. The summed E-state index contributed by atoms with van der Waals surface area (Å²) in [4.78, 5) is 26.0. The van der Waals surface area contributed by atoms with E-state index in [2.05, 4.69) is 0 Å². The van der Waals surface area contributed by atoms with Crippen LogP contribution in [0.15, 0.2) is 42.5 Å². The molecule has 5 heteroatoms. The molecule has 0 radical (unpaired) electrons. The van der Waals surface area contributed by atoms with Crippen molar-refractivity contribution >= 4 is 17.4 Å². The van der Waals surface area contributed by atoms with E-state index in [1.54, 1.807) is 18.2 Å². The first-order valence-corrected chi connectivity index (χ1v) is 6.75. The molecule has 108 valence electrons. The predicted molar refractivity (Wildman–Crippen MR) is 78.2 cm³/mol. The highest BCUT2D eigenvalue weighted by molar-refractivity contribution is 6.13. The van der Waals surface area contributed by atoms with Gasteiger partial charge in [0.15, 0.2) is 5.78 Å². The average Bonchev–Trinajstić information content (AvgIpc) is 2.55. The van der Waals surface area contributed by atoms with Gasteiger partial charge in [0.25, 0.3) is 5.91 Å². The minimum absolute atomic E-state index is 0.153. The van der Waals surface area contributed by atoms with Gasteiger partial charge in [-0.3, -0.25) is 9.59 Å². The number of nitrogens with zero attached hydrogens (tertiary/aromatic N) is 2. The quantitative estimate of drug-likeness (QED) is 0.812. The van der Waals surface area contributed by atoms with Crippen molar-refractivity contribution in [1.82, 2.24) is 0 Å². The highest BCUT2D eigenvalue weighted by Crippen LogP contribution is 2.29. The number of fused-ring (bicyclic) bond motifs is 1. The molecule has 22 heavy (non-hydrogen) atoms. The first kappa shape index (κ1) is 14.0. The fourth-order valence-electron chi connectivity index (χ4n) is 2.52. The highest BCUT2D eigenvalue weighted by atomic mass is 19.1. The Balaban J connectivity index is 2.03. The Labute approximate surface area is 126 Å². The molecule has 2 aromatic rings. The van der Waals surface area contributed by atoms with Crippen molar-refractivity contribution in [3.05, 3.63) is 65.0 Å². The molecular formula is C17H11FN2O2. The van der Waals surface area contributed by atoms with Crippen molar-refractivity contribution in [2.24, 2.45) is 0 Å². The Morgan fingerprint density at radius 2 is 2.05 bits per heavy atom. The molecule has 0 saturated heterocycles. The summed E-state index contributed by atoms with van der Waals surface area (Å²) in [5, 5.41) is 8.92. The van der Waals surface area contributed by atoms with Crippen LogP contribution < -0.4 is 4.90 Å². The molecule has 2 aromatic carbocycles. The van der Waals surface area contributed by atoms with Crippen LogP contribution in [0.5, 0.6) is 0 Å². The van der Waals surface area contributed by atoms with Gasteiger partial charge in [-0.05, 0) is 36.4 Å². The monoisotopic (exact) mass is 294 g/mol. The number of anilines is 1. The molecule has 1 amide bonds. The lowest BCUT2D eigenvalue weighted by Gasteiger charge is -2.28. The number of hydrogen-bond donors (Lipinski definition) is 0. The number of Topliss-reactive ketones (excluding diaryl/α,β-unsaturated/α-hetero) is 1. The topological polar surface area (TPSA) is 61.2 Å². The SMILES string of the molecule is N#Cc1cccc(C(=O)N2CCC(=O)c3cc(F)ccc32)c1. The van der Waals surface area contributed by atoms with Gasteiger partial charge in [-0.1, -0.05) is 6.07 Å². The number of carbonyl (C=O) groups is 2. The van der Waals surface area contributed by atoms with Crippen LogP contribution in [-0.2, 0) is 0 Å². The van der Waals surface area contributed by atoms with Crippen LogP contribution in [0.1, 0.15) is 32.7 Å². The van der Waals surface area contributed by atoms with E-state index < -0.39 is 5.82 Å². The van der Waals surface area contributed by atoms with E-state index in [0.717, 1.165) is 6.07 Å². The second-order valence-electron chi connectivity index (χ2n) is 4.98. The summed E-state index contributed by atoms with van der Waals surface area (Å²) in [6.07, 6.45) is 0.153. The lowest BCUT2D eigenvalue weighted by atomic mass is 9.99. The molecule has 4 nitrogen and oxygen atoms in total. The highest BCUT2D eigenvalue weighted by Gasteiger charge is 2.28. The maximum absolute atomic E-state index is 13.3. The lowest BCUT2D eigenvalue weighted by molar-refractivity contribution is 0.0954. The molecular weight excluding hydrogens is 283 g/mol. The molecule has 1 aliphatic rings. The second kappa shape index (κ2) is 5.41. The predicted octanol–water partition coefficient (Wildman–Crippen LogP) is 2.93. The summed E-state index contributed by atoms with van der Waals surface area (Å²) in [7, 11) is 0. The van der Waals surface area contributed by atoms with Crippen LogP contribution in [0.2, 0.25) is 0 Å². The summed E-state index contributed by atoms with van der Waals surface area (Å²) in [6.45, 7) is 0.243. The summed E-state index contributed by atoms with van der Waals surface area (Å²) >= 11 is 0. The van der Waals surface area contributed by atoms with Crippen molar-refractivity contribution < 1.29 is 14.0 Å². The molecule has 0 atom stereocenters. The zero-order valence-electron chi connectivity index (χ0n) is 11.5. The van der Waals surface area contributed by atoms with Crippen LogP contribution in [0.4, 0.5) is 10.1 Å². The molecule has 1 heterocycles. The summed E-state index contributed by atoms with van der Waals surface area (Å²) in [6, 6.07) is 12.2. The molecule has 1 aliphatic heterocycles. The summed E-state index contributed by atoms with van der Waals surface area (Å²) in [5.41, 5.74) is 1.38. The van der Waals surface area contributed by atoms with Crippen molar-refractivity contribution in [3.63, 3.8) is 0 Å². The van der Waals surface area contributed by atoms with Gasteiger partial charge in [-0.2, -0.15) is 5.26 Å². The van der Waals surface area contributed by atoms with Crippen LogP contribution >= 0.6 is 0 Å². The maximum atomic E-state index is 13.3. The third-order valence-electron chi connectivity index (χ3n) is 3.60. The Bertz CT molecular complexity index is 824. The Kier molecular flexibility index (Phi) is 3.43. The van der Waals surface area contributed by atoms with E-state index in [-0.39, 0.29) is 30.2 Å². The van der Waals surface area contributed by atoms with Gasteiger partial charge in [-0.25, -0.2) is 4.39 Å². The van der Waals surface area contributed by atoms with Gasteiger partial charge in [0, 0.05) is 24.1 Å². The fourth-order valence-corrected chi connectivity index (χ4v) is 2.52. The summed E-state index contributed by atoms with van der Waals surface area (Å²) in [5.74, 6) is -0.991. The Morgan fingerprint density at radius 3 is 2.82 bits per heavy atom. The van der Waals surface area contributed by atoms with E-state index in [1.165, 1.54) is 23.1 Å². The van der Waals surface area contributed by atoms with Crippen LogP contribution in [-0.4, -0.2) is 18.2 Å². The minimum atomic E-state index is -0.507. The second-order valence-corrected chi connectivity index (χ2v) is 4.98. The lowest BCUT2D eigenvalue weighted by Crippen LogP contribution is -2.37. The number of carbonyl (C=O) groups excluding carboxylic acids is 2. The van der Waals surface area contributed by atoms with Crippen LogP contribution in [0.25, 0.3) is 0 Å². The smallest absolute Gasteiger partial charge is 0.258 e. The molecule has 0 spiro atoms. The number of amides is 1. The number of ketones is 1. The molecule has 0 fully saturated rings. The van der Waals surface area contributed by atoms with Gasteiger partial charge in [0.05, 0.1) is 17.3 Å². The number of halogens is 1. The maximum Gasteiger partial charge on any atom is 0.258 e. The summed E-state index contributed by atoms with van der Waals surface area (Å²) < 4.78 is 13.3. The number of hydrogen-bond acceptors (Lipinski definition) is 3. The van der Waals surface area contributed by atoms with E-state index in [9.17, 15) is 14.0 Å². The number of benzene rings is 2. The third kappa shape index (κ3) is 2.35. The van der Waals surface area contributed by atoms with E-state index in [4.69, 9.17) is 5.26 Å². The minimum Gasteiger partial charge on any atom is -0.307 e. The Hall–Kier alpha value is -3.00. The molecule has 0 unspecified atom stereocenters. The number of rotatable bonds is 1.